The van der Waals surface area contributed by atoms with Crippen LogP contribution in [0.3, 0.4) is 0 Å². The number of hydrogen-bond donors (Lipinski definition) is 1. The average Bonchev–Trinajstić information content (AvgIpc) is 2.53. The molecule has 0 aromatic heterocycles. The molecule has 21 heavy (non-hydrogen) atoms. The highest BCUT2D eigenvalue weighted by molar-refractivity contribution is 5.73. The van der Waals surface area contributed by atoms with E-state index in [1.807, 2.05) is 0 Å². The first-order valence-corrected chi connectivity index (χ1v) is 8.29. The monoisotopic (exact) mass is 288 g/mol. The van der Waals surface area contributed by atoms with Crippen molar-refractivity contribution in [2.75, 3.05) is 43.1 Å². The molecule has 1 aromatic carbocycles. The van der Waals surface area contributed by atoms with Crippen LogP contribution in [-0.4, -0.2) is 38.4 Å². The maximum atomic E-state index is 10.0. The van der Waals surface area contributed by atoms with Gasteiger partial charge >= 0.3 is 0 Å². The molecule has 3 nitrogen and oxygen atoms in total. The van der Waals surface area contributed by atoms with Crippen molar-refractivity contribution in [1.82, 2.24) is 0 Å². The molecule has 0 atom stereocenters. The summed E-state index contributed by atoms with van der Waals surface area (Å²) < 4.78 is 0. The first-order chi connectivity index (χ1) is 10.1. The van der Waals surface area contributed by atoms with Crippen LogP contribution >= 0.6 is 0 Å². The fraction of sp³-hybridized carbons (Fsp3) is 0.667. The molecule has 1 N–H and O–H groups in total. The van der Waals surface area contributed by atoms with Crippen LogP contribution in [-0.2, 0) is 0 Å². The molecule has 1 saturated carbocycles. The van der Waals surface area contributed by atoms with E-state index in [-0.39, 0.29) is 5.41 Å². The number of aliphatic hydroxyl groups is 1. The molecule has 0 amide bonds. The third-order valence-electron chi connectivity index (χ3n) is 5.54. The number of likely N-dealkylation sites (N-methyl/N-ethyl adjacent to an activating group) is 1. The van der Waals surface area contributed by atoms with E-state index < -0.39 is 0 Å². The van der Waals surface area contributed by atoms with E-state index in [1.54, 1.807) is 0 Å². The highest BCUT2D eigenvalue weighted by atomic mass is 16.3. The first kappa shape index (κ1) is 14.7. The highest BCUT2D eigenvalue weighted by Gasteiger charge is 2.36. The zero-order chi connectivity index (χ0) is 14.9. The summed E-state index contributed by atoms with van der Waals surface area (Å²) >= 11 is 0. The molecule has 1 heterocycles. The molecule has 0 spiro atoms. The lowest BCUT2D eigenvalue weighted by Gasteiger charge is -2.45. The standard InChI is InChI=1S/C18H28N2O/c1-15-7-9-18(14-21,10-8-15)13-20-12-11-19(2)16-5-3-4-6-17(16)20/h3-6,15,21H,7-14H2,1-2H3. The van der Waals surface area contributed by atoms with E-state index in [2.05, 4.69) is 48.0 Å². The number of rotatable bonds is 3. The molecule has 0 bridgehead atoms. The van der Waals surface area contributed by atoms with E-state index in [1.165, 1.54) is 37.1 Å². The largest absolute Gasteiger partial charge is 0.396 e. The predicted octanol–water partition coefficient (Wildman–Crippen LogP) is 3.13. The van der Waals surface area contributed by atoms with Crippen LogP contribution in [0.25, 0.3) is 0 Å². The van der Waals surface area contributed by atoms with Crippen molar-refractivity contribution in [2.24, 2.45) is 11.3 Å². The van der Waals surface area contributed by atoms with E-state index in [9.17, 15) is 5.11 Å². The number of hydrogen-bond acceptors (Lipinski definition) is 3. The predicted molar refractivity (Wildman–Crippen MR) is 89.1 cm³/mol. The minimum Gasteiger partial charge on any atom is -0.396 e. The quantitative estimate of drug-likeness (QED) is 0.925. The highest BCUT2D eigenvalue weighted by Crippen LogP contribution is 2.41. The van der Waals surface area contributed by atoms with Crippen molar-refractivity contribution in [3.8, 4) is 0 Å². The summed E-state index contributed by atoms with van der Waals surface area (Å²) in [6, 6.07) is 8.67. The van der Waals surface area contributed by atoms with Gasteiger partial charge in [0.05, 0.1) is 18.0 Å². The lowest BCUT2D eigenvalue weighted by Crippen LogP contribution is -2.47. The fourth-order valence-electron chi connectivity index (χ4n) is 3.88. The molecule has 0 radical (unpaired) electrons. The minimum absolute atomic E-state index is 0.107. The molecule has 1 fully saturated rings. The maximum absolute atomic E-state index is 10.0. The summed E-state index contributed by atoms with van der Waals surface area (Å²) in [6.07, 6.45) is 4.85. The van der Waals surface area contributed by atoms with Gasteiger partial charge in [-0.3, -0.25) is 0 Å². The third kappa shape index (κ3) is 2.89. The van der Waals surface area contributed by atoms with Crippen molar-refractivity contribution in [3.05, 3.63) is 24.3 Å². The van der Waals surface area contributed by atoms with E-state index in [4.69, 9.17) is 0 Å². The zero-order valence-corrected chi connectivity index (χ0v) is 13.4. The Hall–Kier alpha value is -1.22. The SMILES string of the molecule is CC1CCC(CO)(CN2CCN(C)c3ccccc32)CC1. The minimum atomic E-state index is 0.107. The van der Waals surface area contributed by atoms with Gasteiger partial charge in [-0.25, -0.2) is 0 Å². The molecule has 0 unspecified atom stereocenters. The van der Waals surface area contributed by atoms with Crippen molar-refractivity contribution >= 4 is 11.4 Å². The molecule has 3 heteroatoms. The Labute approximate surface area is 128 Å². The third-order valence-corrected chi connectivity index (χ3v) is 5.54. The van der Waals surface area contributed by atoms with Gasteiger partial charge in [0.15, 0.2) is 0 Å². The number of anilines is 2. The Balaban J connectivity index is 1.80. The Morgan fingerprint density at radius 2 is 1.81 bits per heavy atom. The second kappa shape index (κ2) is 5.88. The summed E-state index contributed by atoms with van der Waals surface area (Å²) in [5.41, 5.74) is 2.76. The van der Waals surface area contributed by atoms with E-state index >= 15 is 0 Å². The molecular weight excluding hydrogens is 260 g/mol. The van der Waals surface area contributed by atoms with Gasteiger partial charge in [0.2, 0.25) is 0 Å². The van der Waals surface area contributed by atoms with Gasteiger partial charge in [0.1, 0.15) is 0 Å². The molecule has 0 saturated heterocycles. The topological polar surface area (TPSA) is 26.7 Å². The molecule has 1 aliphatic carbocycles. The van der Waals surface area contributed by atoms with Crippen molar-refractivity contribution in [1.29, 1.82) is 0 Å². The normalized spacial score (nSPS) is 29.4. The van der Waals surface area contributed by atoms with E-state index in [0.717, 1.165) is 25.6 Å². The fourth-order valence-corrected chi connectivity index (χ4v) is 3.88. The first-order valence-electron chi connectivity index (χ1n) is 8.29. The Morgan fingerprint density at radius 1 is 1.14 bits per heavy atom. The van der Waals surface area contributed by atoms with Crippen molar-refractivity contribution in [2.45, 2.75) is 32.6 Å². The number of nitrogens with zero attached hydrogens (tertiary/aromatic N) is 2. The summed E-state index contributed by atoms with van der Waals surface area (Å²) in [7, 11) is 2.17. The van der Waals surface area contributed by atoms with Gasteiger partial charge in [-0.2, -0.15) is 0 Å². The van der Waals surface area contributed by atoms with Crippen LogP contribution in [0.1, 0.15) is 32.6 Å². The van der Waals surface area contributed by atoms with Crippen LogP contribution in [0, 0.1) is 11.3 Å². The summed E-state index contributed by atoms with van der Waals surface area (Å²) in [5, 5.41) is 10.0. The number of para-hydroxylation sites is 2. The van der Waals surface area contributed by atoms with Gasteiger partial charge < -0.3 is 14.9 Å². The molecule has 1 aromatic rings. The lowest BCUT2D eigenvalue weighted by atomic mass is 9.71. The maximum Gasteiger partial charge on any atom is 0.0604 e. The van der Waals surface area contributed by atoms with Gasteiger partial charge in [0.25, 0.3) is 0 Å². The zero-order valence-electron chi connectivity index (χ0n) is 13.4. The second-order valence-corrected chi connectivity index (χ2v) is 7.17. The Bertz CT molecular complexity index is 480. The van der Waals surface area contributed by atoms with E-state index in [0.29, 0.717) is 6.61 Å². The molecule has 2 aliphatic rings. The molecule has 116 valence electrons. The van der Waals surface area contributed by atoms with Crippen LogP contribution < -0.4 is 9.80 Å². The Kier molecular flexibility index (Phi) is 4.12. The summed E-state index contributed by atoms with van der Waals surface area (Å²) in [6.45, 7) is 5.79. The van der Waals surface area contributed by atoms with Crippen molar-refractivity contribution in [3.63, 3.8) is 0 Å². The number of fused-ring (bicyclic) bond motifs is 1. The molecule has 1 aliphatic heterocycles. The van der Waals surface area contributed by atoms with Gasteiger partial charge in [-0.05, 0) is 30.9 Å². The molecular formula is C18H28N2O. The van der Waals surface area contributed by atoms with Crippen LogP contribution in [0.15, 0.2) is 24.3 Å². The van der Waals surface area contributed by atoms with Crippen molar-refractivity contribution < 1.29 is 5.11 Å². The van der Waals surface area contributed by atoms with Gasteiger partial charge in [-0.15, -0.1) is 0 Å². The second-order valence-electron chi connectivity index (χ2n) is 7.17. The van der Waals surface area contributed by atoms with Crippen LogP contribution in [0.5, 0.6) is 0 Å². The smallest absolute Gasteiger partial charge is 0.0604 e. The number of aliphatic hydroxyl groups excluding tert-OH is 1. The Morgan fingerprint density at radius 3 is 2.48 bits per heavy atom. The molecule has 3 rings (SSSR count). The summed E-state index contributed by atoms with van der Waals surface area (Å²) in [5.74, 6) is 0.824. The lowest BCUT2D eigenvalue weighted by molar-refractivity contribution is 0.0729. The van der Waals surface area contributed by atoms with Gasteiger partial charge in [-0.1, -0.05) is 31.9 Å². The van der Waals surface area contributed by atoms with Crippen LogP contribution in [0.4, 0.5) is 11.4 Å². The number of benzene rings is 1. The van der Waals surface area contributed by atoms with Crippen LogP contribution in [0.2, 0.25) is 0 Å². The average molecular weight is 288 g/mol. The van der Waals surface area contributed by atoms with Gasteiger partial charge in [0, 0.05) is 32.1 Å². The summed E-state index contributed by atoms with van der Waals surface area (Å²) in [4.78, 5) is 4.84.